The summed E-state index contributed by atoms with van der Waals surface area (Å²) in [6.07, 6.45) is 0.996. The minimum absolute atomic E-state index is 0.415. The van der Waals surface area contributed by atoms with Gasteiger partial charge in [-0.15, -0.1) is 0 Å². The second-order valence-electron chi connectivity index (χ2n) is 5.02. The zero-order valence-electron chi connectivity index (χ0n) is 12.7. The summed E-state index contributed by atoms with van der Waals surface area (Å²) in [5, 5.41) is 2.63. The van der Waals surface area contributed by atoms with Gasteiger partial charge >= 0.3 is 0 Å². The van der Waals surface area contributed by atoms with Gasteiger partial charge in [-0.1, -0.05) is 0 Å². The van der Waals surface area contributed by atoms with E-state index in [0.717, 1.165) is 6.26 Å². The van der Waals surface area contributed by atoms with Crippen LogP contribution >= 0.6 is 0 Å². The third-order valence-corrected chi connectivity index (χ3v) is 3.55. The van der Waals surface area contributed by atoms with E-state index in [2.05, 4.69) is 10.0 Å². The second kappa shape index (κ2) is 6.31. The van der Waals surface area contributed by atoms with Crippen molar-refractivity contribution < 1.29 is 22.7 Å². The SMILES string of the molecule is COc1ccc(NC(=O)C(C)(C)NS(C)(=O)=O)c(OC)c1. The molecule has 0 aliphatic rings. The van der Waals surface area contributed by atoms with Gasteiger partial charge in [-0.05, 0) is 26.0 Å². The summed E-state index contributed by atoms with van der Waals surface area (Å²) in [5.41, 5.74) is -0.870. The van der Waals surface area contributed by atoms with Crippen molar-refractivity contribution in [1.82, 2.24) is 4.72 Å². The van der Waals surface area contributed by atoms with Crippen molar-refractivity contribution in [2.75, 3.05) is 25.8 Å². The largest absolute Gasteiger partial charge is 0.497 e. The van der Waals surface area contributed by atoms with E-state index in [1.807, 2.05) is 0 Å². The first-order valence-electron chi connectivity index (χ1n) is 6.11. The maximum absolute atomic E-state index is 12.2. The van der Waals surface area contributed by atoms with Crippen molar-refractivity contribution in [3.05, 3.63) is 18.2 Å². The molecule has 1 aromatic carbocycles. The highest BCUT2D eigenvalue weighted by molar-refractivity contribution is 7.88. The predicted octanol–water partition coefficient (Wildman–Crippen LogP) is 0.970. The maximum atomic E-state index is 12.2. The van der Waals surface area contributed by atoms with E-state index >= 15 is 0 Å². The van der Waals surface area contributed by atoms with Gasteiger partial charge in [0, 0.05) is 6.07 Å². The van der Waals surface area contributed by atoms with Gasteiger partial charge in [0.25, 0.3) is 0 Å². The van der Waals surface area contributed by atoms with Crippen LogP contribution in [0.25, 0.3) is 0 Å². The molecule has 1 amide bonds. The number of carbonyl (C=O) groups is 1. The van der Waals surface area contributed by atoms with Crippen LogP contribution in [0.4, 0.5) is 5.69 Å². The highest BCUT2D eigenvalue weighted by Gasteiger charge is 2.31. The summed E-state index contributed by atoms with van der Waals surface area (Å²) in [5.74, 6) is 0.493. The van der Waals surface area contributed by atoms with Crippen LogP contribution in [0.5, 0.6) is 11.5 Å². The molecule has 0 aliphatic heterocycles. The summed E-state index contributed by atoms with van der Waals surface area (Å²) < 4.78 is 35.1. The van der Waals surface area contributed by atoms with Crippen molar-refractivity contribution >= 4 is 21.6 Å². The van der Waals surface area contributed by atoms with Gasteiger partial charge in [-0.2, -0.15) is 0 Å². The van der Waals surface area contributed by atoms with E-state index in [1.54, 1.807) is 18.2 Å². The van der Waals surface area contributed by atoms with Crippen LogP contribution in [0.1, 0.15) is 13.8 Å². The minimum atomic E-state index is -3.51. The number of ether oxygens (including phenoxy) is 2. The molecule has 0 radical (unpaired) electrons. The molecule has 21 heavy (non-hydrogen) atoms. The van der Waals surface area contributed by atoms with E-state index < -0.39 is 21.5 Å². The molecule has 0 atom stereocenters. The van der Waals surface area contributed by atoms with Gasteiger partial charge in [0.15, 0.2) is 0 Å². The molecule has 0 fully saturated rings. The van der Waals surface area contributed by atoms with E-state index in [4.69, 9.17) is 9.47 Å². The zero-order chi connectivity index (χ0) is 16.3. The summed E-state index contributed by atoms with van der Waals surface area (Å²) in [7, 11) is -0.525. The van der Waals surface area contributed by atoms with Crippen LogP contribution in [0.15, 0.2) is 18.2 Å². The third-order valence-electron chi connectivity index (χ3n) is 2.67. The van der Waals surface area contributed by atoms with Crippen LogP contribution in [-0.4, -0.2) is 40.3 Å². The molecule has 0 saturated carbocycles. The normalized spacial score (nSPS) is 11.9. The summed E-state index contributed by atoms with van der Waals surface area (Å²) in [6, 6.07) is 4.90. The lowest BCUT2D eigenvalue weighted by molar-refractivity contribution is -0.120. The molecular formula is C13H20N2O5S. The molecule has 0 saturated heterocycles. The molecule has 0 heterocycles. The van der Waals surface area contributed by atoms with Crippen LogP contribution in [-0.2, 0) is 14.8 Å². The second-order valence-corrected chi connectivity index (χ2v) is 6.77. The van der Waals surface area contributed by atoms with Crippen LogP contribution < -0.4 is 19.5 Å². The van der Waals surface area contributed by atoms with Crippen molar-refractivity contribution in [3.63, 3.8) is 0 Å². The van der Waals surface area contributed by atoms with Gasteiger partial charge < -0.3 is 14.8 Å². The Kier molecular flexibility index (Phi) is 5.19. The number of hydrogen-bond acceptors (Lipinski definition) is 5. The molecule has 1 rings (SSSR count). The number of methoxy groups -OCH3 is 2. The number of hydrogen-bond donors (Lipinski definition) is 2. The standard InChI is InChI=1S/C13H20N2O5S/c1-13(2,15-21(5,17)18)12(16)14-10-7-6-9(19-3)8-11(10)20-4/h6-8,15H,1-5H3,(H,14,16). The molecule has 2 N–H and O–H groups in total. The molecule has 118 valence electrons. The topological polar surface area (TPSA) is 93.7 Å². The molecule has 0 aliphatic carbocycles. The minimum Gasteiger partial charge on any atom is -0.497 e. The summed E-state index contributed by atoms with van der Waals surface area (Å²) in [4.78, 5) is 12.2. The van der Waals surface area contributed by atoms with Crippen molar-refractivity contribution in [2.24, 2.45) is 0 Å². The van der Waals surface area contributed by atoms with Crippen LogP contribution in [0.3, 0.4) is 0 Å². The molecule has 0 aromatic heterocycles. The van der Waals surface area contributed by atoms with E-state index in [-0.39, 0.29) is 0 Å². The number of rotatable bonds is 6. The third kappa shape index (κ3) is 4.91. The van der Waals surface area contributed by atoms with Crippen molar-refractivity contribution in [2.45, 2.75) is 19.4 Å². The number of sulfonamides is 1. The fraction of sp³-hybridized carbons (Fsp3) is 0.462. The first-order chi connectivity index (χ1) is 9.59. The first kappa shape index (κ1) is 17.3. The Bertz CT molecular complexity index is 625. The smallest absolute Gasteiger partial charge is 0.245 e. The van der Waals surface area contributed by atoms with Crippen LogP contribution in [0, 0.1) is 0 Å². The van der Waals surface area contributed by atoms with Crippen LogP contribution in [0.2, 0.25) is 0 Å². The van der Waals surface area contributed by atoms with Gasteiger partial charge in [0.1, 0.15) is 17.0 Å². The number of carbonyl (C=O) groups excluding carboxylic acids is 1. The average molecular weight is 316 g/mol. The Morgan fingerprint density at radius 2 is 1.81 bits per heavy atom. The molecule has 8 heteroatoms. The van der Waals surface area contributed by atoms with Gasteiger partial charge in [-0.25, -0.2) is 13.1 Å². The Labute approximate surface area is 124 Å². The fourth-order valence-corrected chi connectivity index (χ4v) is 2.71. The Morgan fingerprint density at radius 3 is 2.29 bits per heavy atom. The van der Waals surface area contributed by atoms with Crippen molar-refractivity contribution in [3.8, 4) is 11.5 Å². The summed E-state index contributed by atoms with van der Waals surface area (Å²) >= 11 is 0. The van der Waals surface area contributed by atoms with E-state index in [0.29, 0.717) is 17.2 Å². The number of amides is 1. The first-order valence-corrected chi connectivity index (χ1v) is 8.00. The highest BCUT2D eigenvalue weighted by atomic mass is 32.2. The number of anilines is 1. The Morgan fingerprint density at radius 1 is 1.19 bits per heavy atom. The molecule has 0 spiro atoms. The Hall–Kier alpha value is -1.80. The maximum Gasteiger partial charge on any atom is 0.245 e. The lowest BCUT2D eigenvalue weighted by atomic mass is 10.1. The molecule has 0 bridgehead atoms. The van der Waals surface area contributed by atoms with E-state index in [9.17, 15) is 13.2 Å². The van der Waals surface area contributed by atoms with Gasteiger partial charge in [0.05, 0.1) is 26.2 Å². The predicted molar refractivity (Wildman–Crippen MR) is 80.2 cm³/mol. The molecule has 7 nitrogen and oxygen atoms in total. The lowest BCUT2D eigenvalue weighted by Gasteiger charge is -2.24. The number of benzene rings is 1. The zero-order valence-corrected chi connectivity index (χ0v) is 13.5. The summed E-state index contributed by atoms with van der Waals surface area (Å²) in [6.45, 7) is 2.94. The monoisotopic (exact) mass is 316 g/mol. The lowest BCUT2D eigenvalue weighted by Crippen LogP contribution is -2.51. The Balaban J connectivity index is 2.97. The van der Waals surface area contributed by atoms with Gasteiger partial charge in [-0.3, -0.25) is 4.79 Å². The fourth-order valence-electron chi connectivity index (χ4n) is 1.69. The quantitative estimate of drug-likeness (QED) is 0.815. The highest BCUT2D eigenvalue weighted by Crippen LogP contribution is 2.29. The van der Waals surface area contributed by atoms with Gasteiger partial charge in [0.2, 0.25) is 15.9 Å². The average Bonchev–Trinajstić information content (AvgIpc) is 2.36. The molecule has 0 unspecified atom stereocenters. The molecule has 1 aromatic rings. The van der Waals surface area contributed by atoms with Crippen molar-refractivity contribution in [1.29, 1.82) is 0 Å². The molecular weight excluding hydrogens is 296 g/mol. The van der Waals surface area contributed by atoms with E-state index in [1.165, 1.54) is 28.1 Å². The number of nitrogens with one attached hydrogen (secondary N) is 2.